The smallest absolute Gasteiger partial charge is 0.337 e. The monoisotopic (exact) mass is 338 g/mol. The largest absolute Gasteiger partial charge is 0.496 e. The number of carbonyl (C=O) groups excluding carboxylic acids is 2. The number of methoxy groups -OCH3 is 2. The summed E-state index contributed by atoms with van der Waals surface area (Å²) in [5.41, 5.74) is 0.616. The summed E-state index contributed by atoms with van der Waals surface area (Å²) < 4.78 is 24.0. The number of hydrogen-bond acceptors (Lipinski definition) is 6. The van der Waals surface area contributed by atoms with Gasteiger partial charge in [0.25, 0.3) is 5.91 Å². The van der Waals surface area contributed by atoms with Crippen molar-refractivity contribution in [2.45, 2.75) is 6.92 Å². The summed E-state index contributed by atoms with van der Waals surface area (Å²) in [5, 5.41) is 11.7. The Labute approximate surface area is 138 Å². The number of aliphatic hydroxyl groups excluding tert-OH is 1. The zero-order valence-electron chi connectivity index (χ0n) is 13.7. The highest BCUT2D eigenvalue weighted by atomic mass is 19.1. The standard InChI is InChI=1S/C16H19FN2O5/c1-9-6-11(17)12(7-13(9)23-2)18-14-10(16(22)24-3)8-19(4-5-20)15(14)21/h6-7,18,20H,4-5,8H2,1-3H3. The first-order valence-electron chi connectivity index (χ1n) is 7.25. The molecule has 2 N–H and O–H groups in total. The van der Waals surface area contributed by atoms with E-state index >= 15 is 0 Å². The van der Waals surface area contributed by atoms with Gasteiger partial charge in [-0.05, 0) is 18.6 Å². The number of anilines is 1. The third-order valence-electron chi connectivity index (χ3n) is 3.70. The van der Waals surface area contributed by atoms with E-state index in [1.807, 2.05) is 0 Å². The predicted molar refractivity (Wildman–Crippen MR) is 84.0 cm³/mol. The van der Waals surface area contributed by atoms with Crippen LogP contribution in [0.5, 0.6) is 5.75 Å². The highest BCUT2D eigenvalue weighted by molar-refractivity contribution is 6.08. The SMILES string of the molecule is COC(=O)C1=C(Nc2cc(OC)c(C)cc2F)C(=O)N(CCO)C1. The van der Waals surface area contributed by atoms with Gasteiger partial charge < -0.3 is 24.8 Å². The van der Waals surface area contributed by atoms with Crippen molar-refractivity contribution < 1.29 is 28.6 Å². The van der Waals surface area contributed by atoms with Gasteiger partial charge in [-0.2, -0.15) is 0 Å². The summed E-state index contributed by atoms with van der Waals surface area (Å²) in [5.74, 6) is -1.34. The number of nitrogens with zero attached hydrogens (tertiary/aromatic N) is 1. The maximum Gasteiger partial charge on any atom is 0.337 e. The number of aryl methyl sites for hydroxylation is 1. The first-order valence-corrected chi connectivity index (χ1v) is 7.25. The van der Waals surface area contributed by atoms with Crippen molar-refractivity contribution in [2.24, 2.45) is 0 Å². The molecule has 0 aliphatic carbocycles. The zero-order chi connectivity index (χ0) is 17.9. The molecule has 1 heterocycles. The van der Waals surface area contributed by atoms with Crippen LogP contribution in [0.1, 0.15) is 5.56 Å². The summed E-state index contributed by atoms with van der Waals surface area (Å²) in [6.07, 6.45) is 0. The minimum Gasteiger partial charge on any atom is -0.496 e. The molecule has 0 saturated heterocycles. The van der Waals surface area contributed by atoms with E-state index in [1.54, 1.807) is 6.92 Å². The Morgan fingerprint density at radius 1 is 1.42 bits per heavy atom. The van der Waals surface area contributed by atoms with Crippen molar-refractivity contribution in [3.8, 4) is 5.75 Å². The molecular formula is C16H19FN2O5. The average Bonchev–Trinajstić information content (AvgIpc) is 2.86. The van der Waals surface area contributed by atoms with Gasteiger partial charge in [-0.3, -0.25) is 4.79 Å². The van der Waals surface area contributed by atoms with Crippen LogP contribution in [-0.4, -0.2) is 55.8 Å². The van der Waals surface area contributed by atoms with Crippen LogP contribution >= 0.6 is 0 Å². The first-order chi connectivity index (χ1) is 11.4. The second-order valence-electron chi connectivity index (χ2n) is 5.22. The quantitative estimate of drug-likeness (QED) is 0.747. The van der Waals surface area contributed by atoms with Gasteiger partial charge >= 0.3 is 5.97 Å². The fraction of sp³-hybridized carbons (Fsp3) is 0.375. The molecule has 0 bridgehead atoms. The van der Waals surface area contributed by atoms with Crippen LogP contribution < -0.4 is 10.1 Å². The topological polar surface area (TPSA) is 88.1 Å². The summed E-state index contributed by atoms with van der Waals surface area (Å²) in [4.78, 5) is 25.6. The van der Waals surface area contributed by atoms with E-state index in [4.69, 9.17) is 9.84 Å². The molecule has 2 rings (SSSR count). The molecule has 24 heavy (non-hydrogen) atoms. The highest BCUT2D eigenvalue weighted by Gasteiger charge is 2.34. The molecular weight excluding hydrogens is 319 g/mol. The van der Waals surface area contributed by atoms with Crippen molar-refractivity contribution in [1.29, 1.82) is 0 Å². The number of β-amino-alcohol motifs (C(OH)–C–C–N with tert-alkyl or cyclic N) is 1. The molecule has 1 aromatic carbocycles. The highest BCUT2D eigenvalue weighted by Crippen LogP contribution is 2.29. The van der Waals surface area contributed by atoms with Crippen molar-refractivity contribution >= 4 is 17.6 Å². The van der Waals surface area contributed by atoms with Crippen LogP contribution in [0.25, 0.3) is 0 Å². The third kappa shape index (κ3) is 3.33. The van der Waals surface area contributed by atoms with E-state index in [9.17, 15) is 14.0 Å². The second kappa shape index (κ2) is 7.31. The average molecular weight is 338 g/mol. The van der Waals surface area contributed by atoms with E-state index in [0.29, 0.717) is 11.3 Å². The Hall–Kier alpha value is -2.61. The van der Waals surface area contributed by atoms with E-state index in [1.165, 1.54) is 31.3 Å². The van der Waals surface area contributed by atoms with Gasteiger partial charge in [0.15, 0.2) is 0 Å². The predicted octanol–water partition coefficient (Wildman–Crippen LogP) is 0.816. The number of aliphatic hydroxyl groups is 1. The van der Waals surface area contributed by atoms with Crippen LogP contribution in [0.2, 0.25) is 0 Å². The molecule has 7 nitrogen and oxygen atoms in total. The Balaban J connectivity index is 2.40. The van der Waals surface area contributed by atoms with Crippen LogP contribution in [0, 0.1) is 12.7 Å². The number of hydrogen-bond donors (Lipinski definition) is 2. The van der Waals surface area contributed by atoms with Gasteiger partial charge in [0.05, 0.1) is 38.6 Å². The number of esters is 1. The molecule has 130 valence electrons. The molecule has 0 saturated carbocycles. The van der Waals surface area contributed by atoms with Crippen molar-refractivity contribution in [3.05, 3.63) is 34.8 Å². The van der Waals surface area contributed by atoms with Gasteiger partial charge in [-0.1, -0.05) is 0 Å². The fourth-order valence-electron chi connectivity index (χ4n) is 2.45. The Kier molecular flexibility index (Phi) is 5.40. The van der Waals surface area contributed by atoms with Crippen LogP contribution in [0.4, 0.5) is 10.1 Å². The number of halogens is 1. The van der Waals surface area contributed by atoms with Crippen LogP contribution in [0.15, 0.2) is 23.4 Å². The lowest BCUT2D eigenvalue weighted by Gasteiger charge is -2.15. The van der Waals surface area contributed by atoms with E-state index in [2.05, 4.69) is 10.1 Å². The summed E-state index contributed by atoms with van der Waals surface area (Å²) in [6, 6.07) is 2.68. The minimum absolute atomic E-state index is 0.00746. The summed E-state index contributed by atoms with van der Waals surface area (Å²) >= 11 is 0. The first kappa shape index (κ1) is 17.7. The molecule has 0 unspecified atom stereocenters. The number of carbonyl (C=O) groups is 2. The molecule has 1 amide bonds. The lowest BCUT2D eigenvalue weighted by Crippen LogP contribution is -2.31. The zero-order valence-corrected chi connectivity index (χ0v) is 13.7. The molecule has 0 atom stereocenters. The fourth-order valence-corrected chi connectivity index (χ4v) is 2.45. The molecule has 1 aliphatic rings. The van der Waals surface area contributed by atoms with Gasteiger partial charge in [-0.25, -0.2) is 9.18 Å². The molecule has 0 fully saturated rings. The van der Waals surface area contributed by atoms with Crippen molar-refractivity contribution in [3.63, 3.8) is 0 Å². The molecule has 1 aliphatic heterocycles. The summed E-state index contributed by atoms with van der Waals surface area (Å²) in [6.45, 7) is 1.48. The minimum atomic E-state index is -0.689. The van der Waals surface area contributed by atoms with Crippen molar-refractivity contribution in [1.82, 2.24) is 4.90 Å². The Morgan fingerprint density at radius 2 is 2.12 bits per heavy atom. The molecule has 0 aromatic heterocycles. The van der Waals surface area contributed by atoms with Gasteiger partial charge in [-0.15, -0.1) is 0 Å². The van der Waals surface area contributed by atoms with Gasteiger partial charge in [0.2, 0.25) is 0 Å². The van der Waals surface area contributed by atoms with E-state index in [0.717, 1.165) is 0 Å². The van der Waals surface area contributed by atoms with Crippen LogP contribution in [0.3, 0.4) is 0 Å². The second-order valence-corrected chi connectivity index (χ2v) is 5.22. The lowest BCUT2D eigenvalue weighted by atomic mass is 10.1. The third-order valence-corrected chi connectivity index (χ3v) is 3.70. The van der Waals surface area contributed by atoms with Gasteiger partial charge in [0, 0.05) is 12.6 Å². The Bertz CT molecular complexity index is 702. The molecule has 8 heteroatoms. The van der Waals surface area contributed by atoms with Gasteiger partial charge in [0.1, 0.15) is 17.3 Å². The van der Waals surface area contributed by atoms with Crippen LogP contribution in [-0.2, 0) is 14.3 Å². The Morgan fingerprint density at radius 3 is 2.71 bits per heavy atom. The van der Waals surface area contributed by atoms with Crippen molar-refractivity contribution in [2.75, 3.05) is 39.2 Å². The number of ether oxygens (including phenoxy) is 2. The molecule has 0 radical (unpaired) electrons. The van der Waals surface area contributed by atoms with E-state index in [-0.39, 0.29) is 36.7 Å². The summed E-state index contributed by atoms with van der Waals surface area (Å²) in [7, 11) is 2.65. The number of amides is 1. The molecule has 1 aromatic rings. The maximum atomic E-state index is 14.2. The molecule has 0 spiro atoms. The normalized spacial score (nSPS) is 14.2. The lowest BCUT2D eigenvalue weighted by molar-refractivity contribution is -0.136. The maximum absolute atomic E-state index is 14.2. The number of benzene rings is 1. The van der Waals surface area contributed by atoms with E-state index < -0.39 is 17.7 Å². The number of nitrogens with one attached hydrogen (secondary N) is 1. The number of rotatable bonds is 6.